The van der Waals surface area contributed by atoms with E-state index in [0.29, 0.717) is 0 Å². The monoisotopic (exact) mass is 159 g/mol. The summed E-state index contributed by atoms with van der Waals surface area (Å²) in [7, 11) is 0. The van der Waals surface area contributed by atoms with Crippen molar-refractivity contribution in [3.63, 3.8) is 0 Å². The summed E-state index contributed by atoms with van der Waals surface area (Å²) in [5.41, 5.74) is 0. The molecule has 0 bridgehead atoms. The van der Waals surface area contributed by atoms with E-state index in [1.165, 1.54) is 15.1 Å². The average Bonchev–Trinajstić information content (AvgIpc) is 0.722. The first kappa shape index (κ1) is 5.83. The van der Waals surface area contributed by atoms with E-state index in [1.54, 1.807) is 0 Å². The molecule has 0 rings (SSSR count). The van der Waals surface area contributed by atoms with Gasteiger partial charge >= 0.3 is 36.0 Å². The van der Waals surface area contributed by atoms with Crippen molar-refractivity contribution in [1.29, 1.82) is 0 Å². The van der Waals surface area contributed by atoms with Gasteiger partial charge in [-0.15, -0.1) is 0 Å². The summed E-state index contributed by atoms with van der Waals surface area (Å²) >= 11 is 1.42. The fourth-order valence-electron chi connectivity index (χ4n) is 0. The van der Waals surface area contributed by atoms with E-state index in [9.17, 15) is 0 Å². The molecule has 0 amide bonds. The fraction of sp³-hybridized carbons (Fsp3) is 0. The Hall–Kier alpha value is 0.829. The van der Waals surface area contributed by atoms with Crippen LogP contribution in [0.2, 0.25) is 0 Å². The molecule has 0 radical (unpaired) electrons. The first-order chi connectivity index (χ1) is 2.00. The molecule has 0 aromatic heterocycles. The molecule has 0 aliphatic rings. The van der Waals surface area contributed by atoms with Crippen molar-refractivity contribution in [2.75, 3.05) is 0 Å². The van der Waals surface area contributed by atoms with Gasteiger partial charge < -0.3 is 0 Å². The van der Waals surface area contributed by atoms with E-state index >= 15 is 0 Å². The summed E-state index contributed by atoms with van der Waals surface area (Å²) < 4.78 is 0. The van der Waals surface area contributed by atoms with Gasteiger partial charge in [0, 0.05) is 0 Å². The first-order valence-electron chi connectivity index (χ1n) is 0.730. The molecule has 0 unspecified atom stereocenters. The maximum absolute atomic E-state index is 9.05. The third-order valence-electron chi connectivity index (χ3n) is 0. The molecule has 0 aromatic carbocycles. The zero-order chi connectivity index (χ0) is 4.50. The van der Waals surface area contributed by atoms with E-state index in [0.717, 1.165) is 0 Å². The van der Waals surface area contributed by atoms with Crippen molar-refractivity contribution < 1.29 is 14.7 Å². The standard InChI is InChI=1S/H3O3PSe/c1-4(2,3)5/h(H3,1,2,3,5)/p-3. The Balaban J connectivity index is 3.47. The van der Waals surface area contributed by atoms with Crippen LogP contribution in [-0.4, -0.2) is 15.1 Å². The summed E-state index contributed by atoms with van der Waals surface area (Å²) in [6.07, 6.45) is -4.26. The van der Waals surface area contributed by atoms with E-state index in [-0.39, 0.29) is 0 Å². The van der Waals surface area contributed by atoms with E-state index in [4.69, 9.17) is 14.7 Å². The molecule has 0 aliphatic heterocycles. The zero-order valence-corrected chi connectivity index (χ0v) is 4.69. The molecule has 0 saturated heterocycles. The Morgan fingerprint density at radius 2 is 1.20 bits per heavy atom. The van der Waals surface area contributed by atoms with Crippen molar-refractivity contribution in [2.24, 2.45) is 0 Å². The Bertz CT molecular complexity index is 53.0. The van der Waals surface area contributed by atoms with E-state index in [1.807, 2.05) is 0 Å². The maximum atomic E-state index is 9.05. The van der Waals surface area contributed by atoms with Gasteiger partial charge in [0.15, 0.2) is 0 Å². The summed E-state index contributed by atoms with van der Waals surface area (Å²) in [4.78, 5) is 27.1. The normalized spacial score (nSPS) is 11.8. The fourth-order valence-corrected chi connectivity index (χ4v) is 0. The molecule has 0 saturated carbocycles. The summed E-state index contributed by atoms with van der Waals surface area (Å²) in [6.45, 7) is 0. The van der Waals surface area contributed by atoms with Crippen molar-refractivity contribution in [1.82, 2.24) is 0 Å². The van der Waals surface area contributed by atoms with Gasteiger partial charge in [0.2, 0.25) is 0 Å². The van der Waals surface area contributed by atoms with Gasteiger partial charge in [0.25, 0.3) is 0 Å². The van der Waals surface area contributed by atoms with Crippen LogP contribution in [0, 0.1) is 0 Å². The predicted octanol–water partition coefficient (Wildman–Crippen LogP) is -3.09. The third-order valence-corrected chi connectivity index (χ3v) is 0. The molecule has 3 nitrogen and oxygen atoms in total. The van der Waals surface area contributed by atoms with E-state index < -0.39 is 6.19 Å². The van der Waals surface area contributed by atoms with Crippen LogP contribution in [0.3, 0.4) is 0 Å². The second kappa shape index (κ2) is 1.52. The van der Waals surface area contributed by atoms with Gasteiger partial charge in [-0.3, -0.25) is 0 Å². The Labute approximate surface area is 36.7 Å². The summed E-state index contributed by atoms with van der Waals surface area (Å²) in [6, 6.07) is 0. The van der Waals surface area contributed by atoms with Gasteiger partial charge in [-0.25, -0.2) is 0 Å². The van der Waals surface area contributed by atoms with Crippen LogP contribution in [0.25, 0.3) is 0 Å². The van der Waals surface area contributed by atoms with Gasteiger partial charge in [0.1, 0.15) is 0 Å². The Kier molecular flexibility index (Phi) is 1.77. The van der Waals surface area contributed by atoms with Crippen LogP contribution >= 0.6 is 6.19 Å². The molecular weight excluding hydrogens is 158 g/mol. The van der Waals surface area contributed by atoms with E-state index in [2.05, 4.69) is 0 Å². The number of hydrogen-bond acceptors (Lipinski definition) is 3. The quantitative estimate of drug-likeness (QED) is 0.277. The molecule has 0 N–H and O–H groups in total. The van der Waals surface area contributed by atoms with Gasteiger partial charge in [-0.05, 0) is 0 Å². The molecular formula is O3PSe-3. The van der Waals surface area contributed by atoms with Crippen LogP contribution in [0.4, 0.5) is 0 Å². The van der Waals surface area contributed by atoms with Gasteiger partial charge in [-0.1, -0.05) is 0 Å². The molecule has 0 aromatic rings. The molecule has 0 spiro atoms. The van der Waals surface area contributed by atoms with Crippen molar-refractivity contribution in [2.45, 2.75) is 0 Å². The molecule has 0 fully saturated rings. The van der Waals surface area contributed by atoms with Crippen LogP contribution in [-0.2, 0) is 0 Å². The van der Waals surface area contributed by atoms with Gasteiger partial charge in [0.05, 0.1) is 0 Å². The molecule has 0 heterocycles. The van der Waals surface area contributed by atoms with Crippen LogP contribution in [0.5, 0.6) is 0 Å². The molecule has 0 atom stereocenters. The second-order valence-corrected chi connectivity index (χ2v) is 4.16. The van der Waals surface area contributed by atoms with Gasteiger partial charge in [-0.2, -0.15) is 0 Å². The van der Waals surface area contributed by atoms with Crippen molar-refractivity contribution in [3.8, 4) is 0 Å². The second-order valence-electron chi connectivity index (χ2n) is 0.447. The summed E-state index contributed by atoms with van der Waals surface area (Å²) in [5, 5.41) is 0. The minimum atomic E-state index is -4.26. The zero-order valence-electron chi connectivity index (χ0n) is 2.08. The third kappa shape index (κ3) is 56.2. The molecule has 0 aliphatic carbocycles. The Morgan fingerprint density at radius 3 is 1.20 bits per heavy atom. The minimum absolute atomic E-state index is 1.42. The predicted molar refractivity (Wildman–Crippen MR) is 12.7 cm³/mol. The number of rotatable bonds is 0. The molecule has 5 heteroatoms. The number of hydrogen-bond donors (Lipinski definition) is 0. The Morgan fingerprint density at radius 1 is 1.20 bits per heavy atom. The SMILES string of the molecule is [O-]P([O-])([O-])=[Se]. The molecule has 32 valence electrons. The van der Waals surface area contributed by atoms with Crippen LogP contribution < -0.4 is 14.7 Å². The van der Waals surface area contributed by atoms with Crippen molar-refractivity contribution in [3.05, 3.63) is 0 Å². The van der Waals surface area contributed by atoms with Crippen molar-refractivity contribution >= 4 is 21.3 Å². The topological polar surface area (TPSA) is 69.2 Å². The van der Waals surface area contributed by atoms with Crippen LogP contribution in [0.1, 0.15) is 0 Å². The first-order valence-corrected chi connectivity index (χ1v) is 4.49. The van der Waals surface area contributed by atoms with Crippen LogP contribution in [0.15, 0.2) is 0 Å². The average molecular weight is 158 g/mol. The molecule has 5 heavy (non-hydrogen) atoms. The summed E-state index contributed by atoms with van der Waals surface area (Å²) in [5.74, 6) is 0.